The lowest BCUT2D eigenvalue weighted by Crippen LogP contribution is -2.28. The van der Waals surface area contributed by atoms with Gasteiger partial charge in [-0.15, -0.1) is 0 Å². The van der Waals surface area contributed by atoms with Gasteiger partial charge in [0.2, 0.25) is 5.91 Å². The van der Waals surface area contributed by atoms with Gasteiger partial charge in [-0.05, 0) is 24.8 Å². The molecule has 1 rings (SSSR count). The molecule has 0 heterocycles. The Hall–Kier alpha value is -1.07. The fourth-order valence-corrected chi connectivity index (χ4v) is 2.34. The maximum atomic E-state index is 13.4. The quantitative estimate of drug-likeness (QED) is 0.769. The van der Waals surface area contributed by atoms with Gasteiger partial charge < -0.3 is 10.6 Å². The summed E-state index contributed by atoms with van der Waals surface area (Å²) in [7, 11) is 1.69. The third-order valence-corrected chi connectivity index (χ3v) is 3.54. The van der Waals surface area contributed by atoms with Crippen molar-refractivity contribution in [3.63, 3.8) is 0 Å². The van der Waals surface area contributed by atoms with Gasteiger partial charge in [-0.2, -0.15) is 11.8 Å². The Kier molecular flexibility index (Phi) is 6.75. The van der Waals surface area contributed by atoms with Crippen molar-refractivity contribution in [2.75, 3.05) is 25.1 Å². The van der Waals surface area contributed by atoms with Crippen LogP contribution in [-0.2, 0) is 11.3 Å². The standard InChI is InChI=1S/C13H19FN2OS/c1-16(13(17)10-18-8-4-7-15)9-11-5-2-3-6-12(11)14/h2-3,5-6H,4,7-10,15H2,1H3. The highest BCUT2D eigenvalue weighted by atomic mass is 32.2. The minimum atomic E-state index is -0.270. The second-order valence-electron chi connectivity index (χ2n) is 4.04. The molecule has 1 aromatic rings. The highest BCUT2D eigenvalue weighted by molar-refractivity contribution is 7.99. The molecule has 18 heavy (non-hydrogen) atoms. The van der Waals surface area contributed by atoms with Crippen LogP contribution >= 0.6 is 11.8 Å². The van der Waals surface area contributed by atoms with Crippen molar-refractivity contribution in [2.45, 2.75) is 13.0 Å². The predicted molar refractivity (Wildman–Crippen MR) is 73.9 cm³/mol. The molecule has 0 spiro atoms. The lowest BCUT2D eigenvalue weighted by Gasteiger charge is -2.17. The van der Waals surface area contributed by atoms with Crippen molar-refractivity contribution in [3.05, 3.63) is 35.6 Å². The molecule has 100 valence electrons. The van der Waals surface area contributed by atoms with E-state index in [2.05, 4.69) is 0 Å². The lowest BCUT2D eigenvalue weighted by atomic mass is 10.2. The van der Waals surface area contributed by atoms with Crippen LogP contribution in [0.2, 0.25) is 0 Å². The number of hydrogen-bond acceptors (Lipinski definition) is 3. The number of hydrogen-bond donors (Lipinski definition) is 1. The molecule has 1 amide bonds. The predicted octanol–water partition coefficient (Wildman–Crippen LogP) is 1.87. The van der Waals surface area contributed by atoms with Gasteiger partial charge in [-0.1, -0.05) is 18.2 Å². The van der Waals surface area contributed by atoms with E-state index in [0.717, 1.165) is 12.2 Å². The average Bonchev–Trinajstić information content (AvgIpc) is 2.37. The SMILES string of the molecule is CN(Cc1ccccc1F)C(=O)CSCCCN. The summed E-state index contributed by atoms with van der Waals surface area (Å²) < 4.78 is 13.4. The van der Waals surface area contributed by atoms with E-state index in [0.29, 0.717) is 24.4 Å². The number of carbonyl (C=O) groups excluding carboxylic acids is 1. The van der Waals surface area contributed by atoms with Crippen molar-refractivity contribution in [3.8, 4) is 0 Å². The molecule has 0 unspecified atom stereocenters. The van der Waals surface area contributed by atoms with Gasteiger partial charge in [-0.25, -0.2) is 4.39 Å². The number of nitrogens with zero attached hydrogens (tertiary/aromatic N) is 1. The molecule has 3 nitrogen and oxygen atoms in total. The second kappa shape index (κ2) is 8.11. The molecule has 0 bridgehead atoms. The zero-order chi connectivity index (χ0) is 13.4. The zero-order valence-electron chi connectivity index (χ0n) is 10.6. The highest BCUT2D eigenvalue weighted by Crippen LogP contribution is 2.10. The Balaban J connectivity index is 2.38. The summed E-state index contributed by atoms with van der Waals surface area (Å²) in [5.74, 6) is 1.05. The van der Waals surface area contributed by atoms with Gasteiger partial charge in [0.1, 0.15) is 5.82 Å². The highest BCUT2D eigenvalue weighted by Gasteiger charge is 2.11. The topological polar surface area (TPSA) is 46.3 Å². The van der Waals surface area contributed by atoms with E-state index in [4.69, 9.17) is 5.73 Å². The van der Waals surface area contributed by atoms with Crippen molar-refractivity contribution < 1.29 is 9.18 Å². The van der Waals surface area contributed by atoms with Crippen molar-refractivity contribution in [1.29, 1.82) is 0 Å². The number of amides is 1. The van der Waals surface area contributed by atoms with E-state index in [1.165, 1.54) is 6.07 Å². The van der Waals surface area contributed by atoms with E-state index in [1.807, 2.05) is 0 Å². The fourth-order valence-electron chi connectivity index (χ4n) is 1.43. The molecule has 0 atom stereocenters. The Labute approximate surface area is 112 Å². The summed E-state index contributed by atoms with van der Waals surface area (Å²) in [6.07, 6.45) is 0.912. The van der Waals surface area contributed by atoms with Crippen LogP contribution < -0.4 is 5.73 Å². The molecule has 0 aromatic heterocycles. The van der Waals surface area contributed by atoms with Gasteiger partial charge >= 0.3 is 0 Å². The molecule has 0 aliphatic heterocycles. The zero-order valence-corrected chi connectivity index (χ0v) is 11.4. The molecule has 0 saturated heterocycles. The Bertz CT molecular complexity index is 387. The van der Waals surface area contributed by atoms with Crippen LogP contribution in [0.5, 0.6) is 0 Å². The molecule has 0 saturated carbocycles. The number of benzene rings is 1. The number of thioether (sulfide) groups is 1. The summed E-state index contributed by atoms with van der Waals surface area (Å²) in [6.45, 7) is 0.954. The first-order chi connectivity index (χ1) is 8.65. The van der Waals surface area contributed by atoms with E-state index >= 15 is 0 Å². The summed E-state index contributed by atoms with van der Waals surface area (Å²) >= 11 is 1.56. The van der Waals surface area contributed by atoms with E-state index in [1.54, 1.807) is 41.9 Å². The molecule has 0 radical (unpaired) electrons. The molecule has 0 fully saturated rings. The molecule has 5 heteroatoms. The van der Waals surface area contributed by atoms with Crippen molar-refractivity contribution in [2.24, 2.45) is 5.73 Å². The molecular formula is C13H19FN2OS. The molecule has 2 N–H and O–H groups in total. The smallest absolute Gasteiger partial charge is 0.232 e. The molecule has 0 aliphatic carbocycles. The Morgan fingerprint density at radius 1 is 1.44 bits per heavy atom. The molecular weight excluding hydrogens is 251 g/mol. The van der Waals surface area contributed by atoms with Gasteiger partial charge in [0.25, 0.3) is 0 Å². The number of nitrogens with two attached hydrogens (primary N) is 1. The summed E-state index contributed by atoms with van der Waals surface area (Å²) in [5, 5.41) is 0. The monoisotopic (exact) mass is 270 g/mol. The summed E-state index contributed by atoms with van der Waals surface area (Å²) in [5.41, 5.74) is 5.92. The van der Waals surface area contributed by atoms with Crippen LogP contribution in [0.4, 0.5) is 4.39 Å². The first-order valence-corrected chi connectivity index (χ1v) is 7.05. The maximum Gasteiger partial charge on any atom is 0.232 e. The van der Waals surface area contributed by atoms with Gasteiger partial charge in [0.05, 0.1) is 5.75 Å². The Morgan fingerprint density at radius 3 is 2.83 bits per heavy atom. The average molecular weight is 270 g/mol. The normalized spacial score (nSPS) is 10.4. The van der Waals surface area contributed by atoms with Crippen LogP contribution in [0.15, 0.2) is 24.3 Å². The summed E-state index contributed by atoms with van der Waals surface area (Å²) in [4.78, 5) is 13.3. The van der Waals surface area contributed by atoms with E-state index in [-0.39, 0.29) is 11.7 Å². The first kappa shape index (κ1) is 15.0. The Morgan fingerprint density at radius 2 is 2.17 bits per heavy atom. The van der Waals surface area contributed by atoms with Crippen molar-refractivity contribution in [1.82, 2.24) is 4.90 Å². The van der Waals surface area contributed by atoms with Crippen LogP contribution in [0.25, 0.3) is 0 Å². The number of halogens is 1. The third kappa shape index (κ3) is 5.06. The van der Waals surface area contributed by atoms with Gasteiger partial charge in [0, 0.05) is 19.2 Å². The molecule has 1 aromatic carbocycles. The maximum absolute atomic E-state index is 13.4. The van der Waals surface area contributed by atoms with E-state index in [9.17, 15) is 9.18 Å². The lowest BCUT2D eigenvalue weighted by molar-refractivity contribution is -0.127. The molecule has 0 aliphatic rings. The second-order valence-corrected chi connectivity index (χ2v) is 5.14. The fraction of sp³-hybridized carbons (Fsp3) is 0.462. The van der Waals surface area contributed by atoms with Crippen LogP contribution in [0.1, 0.15) is 12.0 Å². The first-order valence-electron chi connectivity index (χ1n) is 5.90. The van der Waals surface area contributed by atoms with Crippen LogP contribution in [0, 0.1) is 5.82 Å². The summed E-state index contributed by atoms with van der Waals surface area (Å²) in [6, 6.07) is 6.51. The number of carbonyl (C=O) groups is 1. The largest absolute Gasteiger partial charge is 0.341 e. The number of rotatable bonds is 7. The van der Waals surface area contributed by atoms with Crippen LogP contribution in [0.3, 0.4) is 0 Å². The van der Waals surface area contributed by atoms with Gasteiger partial charge in [-0.3, -0.25) is 4.79 Å². The third-order valence-electron chi connectivity index (χ3n) is 2.51. The minimum Gasteiger partial charge on any atom is -0.341 e. The van der Waals surface area contributed by atoms with Crippen LogP contribution in [-0.4, -0.2) is 35.9 Å². The minimum absolute atomic E-state index is 0.0141. The van der Waals surface area contributed by atoms with Gasteiger partial charge in [0.15, 0.2) is 0 Å². The van der Waals surface area contributed by atoms with Crippen molar-refractivity contribution >= 4 is 17.7 Å². The van der Waals surface area contributed by atoms with E-state index < -0.39 is 0 Å².